The molecule has 2 N–H and O–H groups in total. The highest BCUT2D eigenvalue weighted by molar-refractivity contribution is 5.77. The molecule has 0 saturated carbocycles. The predicted molar refractivity (Wildman–Crippen MR) is 116 cm³/mol. The SMILES string of the molecule is CC(C)C1CC(=O)NC(N2CCN(C(c3ccccc3)c3ccccc3)CC2)N1. The van der Waals surface area contributed by atoms with E-state index >= 15 is 0 Å². The Morgan fingerprint density at radius 2 is 1.41 bits per heavy atom. The zero-order valence-corrected chi connectivity index (χ0v) is 17.4. The van der Waals surface area contributed by atoms with Crippen molar-refractivity contribution in [3.05, 3.63) is 71.8 Å². The van der Waals surface area contributed by atoms with Crippen LogP contribution in [0.2, 0.25) is 0 Å². The first-order valence-electron chi connectivity index (χ1n) is 10.8. The summed E-state index contributed by atoms with van der Waals surface area (Å²) in [6.45, 7) is 8.15. The van der Waals surface area contributed by atoms with E-state index in [1.807, 2.05) is 0 Å². The van der Waals surface area contributed by atoms with Crippen LogP contribution in [0.4, 0.5) is 0 Å². The van der Waals surface area contributed by atoms with Crippen LogP contribution in [0, 0.1) is 5.92 Å². The van der Waals surface area contributed by atoms with Gasteiger partial charge in [-0.2, -0.15) is 0 Å². The second-order valence-electron chi connectivity index (χ2n) is 8.49. The zero-order chi connectivity index (χ0) is 20.2. The van der Waals surface area contributed by atoms with E-state index in [0.29, 0.717) is 12.3 Å². The fourth-order valence-corrected chi connectivity index (χ4v) is 4.48. The van der Waals surface area contributed by atoms with Crippen molar-refractivity contribution in [1.29, 1.82) is 0 Å². The minimum atomic E-state index is -0.0577. The summed E-state index contributed by atoms with van der Waals surface area (Å²) in [6, 6.07) is 22.0. The van der Waals surface area contributed by atoms with Gasteiger partial charge >= 0.3 is 0 Å². The van der Waals surface area contributed by atoms with Crippen LogP contribution in [0.25, 0.3) is 0 Å². The lowest BCUT2D eigenvalue weighted by Gasteiger charge is -2.45. The number of carbonyl (C=O) groups excluding carboxylic acids is 1. The standard InChI is InChI=1S/C24H32N4O/c1-18(2)21-17-22(29)26-24(25-21)28-15-13-27(14-16-28)23(19-9-5-3-6-10-19)20-11-7-4-8-12-20/h3-12,18,21,23-25H,13-17H2,1-2H3,(H,26,29). The average molecular weight is 393 g/mol. The van der Waals surface area contributed by atoms with Crippen LogP contribution in [0.3, 0.4) is 0 Å². The number of hydrogen-bond donors (Lipinski definition) is 2. The van der Waals surface area contributed by atoms with E-state index in [1.165, 1.54) is 11.1 Å². The lowest BCUT2D eigenvalue weighted by molar-refractivity contribution is -0.128. The summed E-state index contributed by atoms with van der Waals surface area (Å²) in [7, 11) is 0. The lowest BCUT2D eigenvalue weighted by atomic mass is 9.96. The van der Waals surface area contributed by atoms with E-state index in [2.05, 4.69) is 94.9 Å². The summed E-state index contributed by atoms with van der Waals surface area (Å²) >= 11 is 0. The maximum atomic E-state index is 12.2. The smallest absolute Gasteiger partial charge is 0.223 e. The molecule has 5 heteroatoms. The maximum absolute atomic E-state index is 12.2. The van der Waals surface area contributed by atoms with Crippen LogP contribution in [-0.2, 0) is 4.79 Å². The van der Waals surface area contributed by atoms with Gasteiger partial charge in [-0.15, -0.1) is 0 Å². The summed E-state index contributed by atoms with van der Waals surface area (Å²) in [5.74, 6) is 0.603. The largest absolute Gasteiger partial charge is 0.328 e. The Bertz CT molecular complexity index is 748. The molecule has 0 spiro atoms. The Morgan fingerprint density at radius 3 is 1.93 bits per heavy atom. The molecule has 0 radical (unpaired) electrons. The first-order valence-corrected chi connectivity index (χ1v) is 10.8. The van der Waals surface area contributed by atoms with Crippen LogP contribution in [-0.4, -0.2) is 54.2 Å². The Balaban J connectivity index is 1.46. The number of amides is 1. The minimum absolute atomic E-state index is 0.0577. The van der Waals surface area contributed by atoms with Gasteiger partial charge in [0.05, 0.1) is 6.04 Å². The van der Waals surface area contributed by atoms with Gasteiger partial charge in [0, 0.05) is 38.6 Å². The van der Waals surface area contributed by atoms with Crippen molar-refractivity contribution in [3.8, 4) is 0 Å². The fraction of sp³-hybridized carbons (Fsp3) is 0.458. The highest BCUT2D eigenvalue weighted by Crippen LogP contribution is 2.29. The number of hydrogen-bond acceptors (Lipinski definition) is 4. The van der Waals surface area contributed by atoms with Crippen molar-refractivity contribution in [1.82, 2.24) is 20.4 Å². The Morgan fingerprint density at radius 1 is 0.862 bits per heavy atom. The monoisotopic (exact) mass is 392 g/mol. The first kappa shape index (κ1) is 20.1. The molecule has 1 amide bonds. The highest BCUT2D eigenvalue weighted by atomic mass is 16.2. The molecule has 2 aromatic rings. The summed E-state index contributed by atoms with van der Waals surface area (Å²) in [4.78, 5) is 17.1. The third-order valence-electron chi connectivity index (χ3n) is 6.19. The summed E-state index contributed by atoms with van der Waals surface area (Å²) in [6.07, 6.45) is 0.510. The van der Waals surface area contributed by atoms with Crippen molar-refractivity contribution in [2.45, 2.75) is 38.6 Å². The average Bonchev–Trinajstić information content (AvgIpc) is 2.75. The van der Waals surface area contributed by atoms with Crippen molar-refractivity contribution in [3.63, 3.8) is 0 Å². The van der Waals surface area contributed by atoms with Gasteiger partial charge in [0.1, 0.15) is 6.29 Å². The predicted octanol–water partition coefficient (Wildman–Crippen LogP) is 2.81. The maximum Gasteiger partial charge on any atom is 0.223 e. The van der Waals surface area contributed by atoms with Gasteiger partial charge in [-0.3, -0.25) is 19.9 Å². The second-order valence-corrected chi connectivity index (χ2v) is 8.49. The van der Waals surface area contributed by atoms with Gasteiger partial charge in [-0.05, 0) is 17.0 Å². The molecule has 0 aromatic heterocycles. The van der Waals surface area contributed by atoms with Crippen LogP contribution >= 0.6 is 0 Å². The van der Waals surface area contributed by atoms with E-state index in [0.717, 1.165) is 26.2 Å². The molecule has 2 aliphatic rings. The third-order valence-corrected chi connectivity index (χ3v) is 6.19. The zero-order valence-electron chi connectivity index (χ0n) is 17.4. The Hall–Kier alpha value is -2.21. The molecule has 2 aromatic carbocycles. The topological polar surface area (TPSA) is 47.6 Å². The Labute approximate surface area is 174 Å². The molecular weight excluding hydrogens is 360 g/mol. The van der Waals surface area contributed by atoms with Gasteiger partial charge in [0.15, 0.2) is 0 Å². The number of rotatable bonds is 5. The number of benzene rings is 2. The van der Waals surface area contributed by atoms with E-state index in [4.69, 9.17) is 0 Å². The third kappa shape index (κ3) is 4.69. The summed E-state index contributed by atoms with van der Waals surface area (Å²) in [5.41, 5.74) is 2.66. The summed E-state index contributed by atoms with van der Waals surface area (Å²) < 4.78 is 0. The lowest BCUT2D eigenvalue weighted by Crippen LogP contribution is -2.67. The molecule has 5 nitrogen and oxygen atoms in total. The molecule has 2 atom stereocenters. The van der Waals surface area contributed by atoms with E-state index in [-0.39, 0.29) is 24.3 Å². The van der Waals surface area contributed by atoms with Crippen molar-refractivity contribution in [2.24, 2.45) is 5.92 Å². The molecular formula is C24H32N4O. The molecule has 4 rings (SSSR count). The fourth-order valence-electron chi connectivity index (χ4n) is 4.48. The highest BCUT2D eigenvalue weighted by Gasteiger charge is 2.34. The molecule has 0 aliphatic carbocycles. The molecule has 154 valence electrons. The molecule has 2 fully saturated rings. The molecule has 0 bridgehead atoms. The number of nitrogens with zero attached hydrogens (tertiary/aromatic N) is 2. The molecule has 2 saturated heterocycles. The number of carbonyl (C=O) groups is 1. The quantitative estimate of drug-likeness (QED) is 0.822. The van der Waals surface area contributed by atoms with Gasteiger partial charge in [0.25, 0.3) is 0 Å². The molecule has 2 unspecified atom stereocenters. The molecule has 2 heterocycles. The van der Waals surface area contributed by atoms with Gasteiger partial charge in [0.2, 0.25) is 5.91 Å². The van der Waals surface area contributed by atoms with E-state index < -0.39 is 0 Å². The van der Waals surface area contributed by atoms with Crippen molar-refractivity contribution >= 4 is 5.91 Å². The van der Waals surface area contributed by atoms with Crippen LogP contribution in [0.5, 0.6) is 0 Å². The summed E-state index contributed by atoms with van der Waals surface area (Å²) in [5, 5.41) is 6.77. The first-order chi connectivity index (χ1) is 14.1. The second kappa shape index (κ2) is 9.08. The normalized spacial score (nSPS) is 24.1. The van der Waals surface area contributed by atoms with Crippen molar-refractivity contribution in [2.75, 3.05) is 26.2 Å². The van der Waals surface area contributed by atoms with Gasteiger partial charge < -0.3 is 5.32 Å². The van der Waals surface area contributed by atoms with E-state index in [1.54, 1.807) is 0 Å². The molecule has 2 aliphatic heterocycles. The van der Waals surface area contributed by atoms with Crippen LogP contribution < -0.4 is 10.6 Å². The van der Waals surface area contributed by atoms with E-state index in [9.17, 15) is 4.79 Å². The van der Waals surface area contributed by atoms with Gasteiger partial charge in [-0.25, -0.2) is 0 Å². The van der Waals surface area contributed by atoms with Crippen molar-refractivity contribution < 1.29 is 4.79 Å². The number of piperazine rings is 1. The minimum Gasteiger partial charge on any atom is -0.328 e. The molecule has 29 heavy (non-hydrogen) atoms. The van der Waals surface area contributed by atoms with Crippen LogP contribution in [0.1, 0.15) is 37.4 Å². The Kier molecular flexibility index (Phi) is 6.28. The number of nitrogens with one attached hydrogen (secondary N) is 2. The van der Waals surface area contributed by atoms with Crippen LogP contribution in [0.15, 0.2) is 60.7 Å². The van der Waals surface area contributed by atoms with Gasteiger partial charge in [-0.1, -0.05) is 74.5 Å².